The van der Waals surface area contributed by atoms with Crippen molar-refractivity contribution in [1.82, 2.24) is 0 Å². The number of halogens is 1. The maximum absolute atomic E-state index is 13.5. The third kappa shape index (κ3) is 1.67. The highest BCUT2D eigenvalue weighted by molar-refractivity contribution is 7.95. The van der Waals surface area contributed by atoms with Crippen molar-refractivity contribution in [3.63, 3.8) is 0 Å². The van der Waals surface area contributed by atoms with E-state index in [9.17, 15) is 17.6 Å². The Kier molecular flexibility index (Phi) is 2.42. The van der Waals surface area contributed by atoms with Crippen molar-refractivity contribution >= 4 is 21.2 Å². The van der Waals surface area contributed by atoms with Crippen LogP contribution in [0.5, 0.6) is 0 Å². The second kappa shape index (κ2) is 3.52. The van der Waals surface area contributed by atoms with E-state index in [-0.39, 0.29) is 28.2 Å². The Morgan fingerprint density at radius 3 is 2.69 bits per heavy atom. The van der Waals surface area contributed by atoms with Gasteiger partial charge in [-0.15, -0.1) is 0 Å². The predicted molar refractivity (Wildman–Crippen MR) is 56.9 cm³/mol. The molecule has 0 saturated heterocycles. The van der Waals surface area contributed by atoms with Crippen LogP contribution in [0.3, 0.4) is 0 Å². The number of carbonyl (C=O) groups excluding carboxylic acids is 1. The number of sulfone groups is 1. The summed E-state index contributed by atoms with van der Waals surface area (Å²) in [5.41, 5.74) is 0.276. The highest BCUT2D eigenvalue weighted by Crippen LogP contribution is 2.36. The molecular weight excluding hydrogens is 231 g/mol. The van der Waals surface area contributed by atoms with E-state index in [2.05, 4.69) is 0 Å². The van der Waals surface area contributed by atoms with Gasteiger partial charge in [0.15, 0.2) is 0 Å². The average molecular weight is 240 g/mol. The van der Waals surface area contributed by atoms with Gasteiger partial charge >= 0.3 is 0 Å². The highest BCUT2D eigenvalue weighted by atomic mass is 32.2. The second-order valence-electron chi connectivity index (χ2n) is 3.68. The van der Waals surface area contributed by atoms with Gasteiger partial charge in [-0.2, -0.15) is 0 Å². The molecule has 0 aromatic heterocycles. The van der Waals surface area contributed by atoms with Gasteiger partial charge in [-0.1, -0.05) is 6.07 Å². The number of Topliss-reactive ketones (excluding diaryl/α,β-unsaturated/α-hetero) is 1. The first-order valence-corrected chi connectivity index (χ1v) is 6.20. The molecule has 2 rings (SSSR count). The molecule has 84 valence electrons. The fourth-order valence-corrected chi connectivity index (χ4v) is 3.25. The van der Waals surface area contributed by atoms with Gasteiger partial charge in [-0.3, -0.25) is 4.79 Å². The Morgan fingerprint density at radius 2 is 2.06 bits per heavy atom. The summed E-state index contributed by atoms with van der Waals surface area (Å²) in [5.74, 6) is -0.802. The number of benzene rings is 1. The SMILES string of the molecule is CC(=O)CC1=CS(=O)(=O)c2cccc(F)c21. The number of hydrogen-bond acceptors (Lipinski definition) is 3. The largest absolute Gasteiger partial charge is 0.300 e. The molecule has 0 N–H and O–H groups in total. The average Bonchev–Trinajstić information content (AvgIpc) is 2.38. The number of rotatable bonds is 2. The van der Waals surface area contributed by atoms with Crippen molar-refractivity contribution in [2.75, 3.05) is 0 Å². The Hall–Kier alpha value is -1.49. The van der Waals surface area contributed by atoms with Crippen LogP contribution in [0.25, 0.3) is 5.57 Å². The highest BCUT2D eigenvalue weighted by Gasteiger charge is 2.29. The van der Waals surface area contributed by atoms with Gasteiger partial charge in [0.1, 0.15) is 11.6 Å². The van der Waals surface area contributed by atoms with E-state index in [1.807, 2.05) is 0 Å². The molecule has 0 radical (unpaired) electrons. The minimum Gasteiger partial charge on any atom is -0.300 e. The Bertz CT molecular complexity index is 600. The lowest BCUT2D eigenvalue weighted by molar-refractivity contribution is -0.116. The maximum atomic E-state index is 13.5. The van der Waals surface area contributed by atoms with Crippen LogP contribution in [-0.4, -0.2) is 14.2 Å². The molecule has 0 amide bonds. The standard InChI is InChI=1S/C11H9FO3S/c1-7(13)5-8-6-16(14,15)10-4-2-3-9(12)11(8)10/h2-4,6H,5H2,1H3. The van der Waals surface area contributed by atoms with E-state index < -0.39 is 15.7 Å². The molecule has 3 nitrogen and oxygen atoms in total. The van der Waals surface area contributed by atoms with Crippen molar-refractivity contribution in [2.24, 2.45) is 0 Å². The molecule has 1 aliphatic heterocycles. The van der Waals surface area contributed by atoms with E-state index in [0.717, 1.165) is 5.41 Å². The topological polar surface area (TPSA) is 51.2 Å². The first kappa shape index (κ1) is 11.0. The monoisotopic (exact) mass is 240 g/mol. The van der Waals surface area contributed by atoms with Crippen molar-refractivity contribution < 1.29 is 17.6 Å². The predicted octanol–water partition coefficient (Wildman–Crippen LogP) is 1.93. The molecule has 0 bridgehead atoms. The quantitative estimate of drug-likeness (QED) is 0.793. The third-order valence-corrected chi connectivity index (χ3v) is 3.89. The molecule has 1 aromatic rings. The van der Waals surface area contributed by atoms with Crippen molar-refractivity contribution in [3.8, 4) is 0 Å². The van der Waals surface area contributed by atoms with Gasteiger partial charge in [0, 0.05) is 17.4 Å². The lowest BCUT2D eigenvalue weighted by Crippen LogP contribution is -1.96. The lowest BCUT2D eigenvalue weighted by atomic mass is 10.0. The summed E-state index contributed by atoms with van der Waals surface area (Å²) >= 11 is 0. The molecule has 0 spiro atoms. The third-order valence-electron chi connectivity index (χ3n) is 2.34. The zero-order valence-corrected chi connectivity index (χ0v) is 9.34. The molecule has 5 heteroatoms. The molecule has 0 saturated carbocycles. The van der Waals surface area contributed by atoms with E-state index in [1.165, 1.54) is 25.1 Å². The molecular formula is C11H9FO3S. The molecule has 0 unspecified atom stereocenters. The molecule has 0 fully saturated rings. The van der Waals surface area contributed by atoms with Crippen LogP contribution in [-0.2, 0) is 14.6 Å². The number of hydrogen-bond donors (Lipinski definition) is 0. The number of fused-ring (bicyclic) bond motifs is 1. The smallest absolute Gasteiger partial charge is 0.200 e. The van der Waals surface area contributed by atoms with Crippen LogP contribution in [0.15, 0.2) is 28.5 Å². The van der Waals surface area contributed by atoms with E-state index in [4.69, 9.17) is 0 Å². The Balaban J connectivity index is 2.67. The summed E-state index contributed by atoms with van der Waals surface area (Å²) < 4.78 is 36.8. The van der Waals surface area contributed by atoms with E-state index in [1.54, 1.807) is 0 Å². The van der Waals surface area contributed by atoms with E-state index in [0.29, 0.717) is 0 Å². The van der Waals surface area contributed by atoms with Crippen molar-refractivity contribution in [3.05, 3.63) is 35.0 Å². The zero-order chi connectivity index (χ0) is 11.9. The summed E-state index contributed by atoms with van der Waals surface area (Å²) in [4.78, 5) is 10.9. The van der Waals surface area contributed by atoms with Crippen LogP contribution in [0.1, 0.15) is 18.9 Å². The van der Waals surface area contributed by atoms with Crippen LogP contribution in [0, 0.1) is 5.82 Å². The summed E-state index contributed by atoms with van der Waals surface area (Å²) in [6, 6.07) is 3.88. The van der Waals surface area contributed by atoms with Gasteiger partial charge < -0.3 is 0 Å². The zero-order valence-electron chi connectivity index (χ0n) is 8.53. The van der Waals surface area contributed by atoms with E-state index >= 15 is 0 Å². The summed E-state index contributed by atoms with van der Waals surface area (Å²) in [5, 5.41) is 0.974. The molecule has 1 aliphatic rings. The number of allylic oxidation sites excluding steroid dienone is 1. The normalized spacial score (nSPS) is 16.8. The minimum absolute atomic E-state index is 0.0395. The minimum atomic E-state index is -3.58. The first-order valence-electron chi connectivity index (χ1n) is 4.66. The van der Waals surface area contributed by atoms with Gasteiger partial charge in [0.25, 0.3) is 0 Å². The summed E-state index contributed by atoms with van der Waals surface area (Å²) in [6.07, 6.45) is -0.0623. The summed E-state index contributed by atoms with van der Waals surface area (Å²) in [7, 11) is -3.58. The Morgan fingerprint density at radius 1 is 1.38 bits per heavy atom. The molecule has 16 heavy (non-hydrogen) atoms. The van der Waals surface area contributed by atoms with Gasteiger partial charge in [0.2, 0.25) is 9.84 Å². The fraction of sp³-hybridized carbons (Fsp3) is 0.182. The van der Waals surface area contributed by atoms with Gasteiger partial charge in [0.05, 0.1) is 4.90 Å². The first-order chi connectivity index (χ1) is 7.42. The number of carbonyl (C=O) groups is 1. The Labute approximate surface area is 92.5 Å². The van der Waals surface area contributed by atoms with Crippen LogP contribution < -0.4 is 0 Å². The van der Waals surface area contributed by atoms with Gasteiger partial charge in [-0.25, -0.2) is 12.8 Å². The van der Waals surface area contributed by atoms with Crippen LogP contribution >= 0.6 is 0 Å². The van der Waals surface area contributed by atoms with Crippen LogP contribution in [0.4, 0.5) is 4.39 Å². The fourth-order valence-electron chi connectivity index (χ4n) is 1.76. The van der Waals surface area contributed by atoms with Crippen molar-refractivity contribution in [2.45, 2.75) is 18.2 Å². The van der Waals surface area contributed by atoms with Gasteiger partial charge in [-0.05, 0) is 24.6 Å². The summed E-state index contributed by atoms with van der Waals surface area (Å²) in [6.45, 7) is 1.34. The second-order valence-corrected chi connectivity index (χ2v) is 5.45. The molecule has 1 aromatic carbocycles. The maximum Gasteiger partial charge on any atom is 0.200 e. The molecule has 0 aliphatic carbocycles. The van der Waals surface area contributed by atoms with Crippen LogP contribution in [0.2, 0.25) is 0 Å². The lowest BCUT2D eigenvalue weighted by Gasteiger charge is -2.03. The molecule has 1 heterocycles. The number of ketones is 1. The molecule has 0 atom stereocenters. The van der Waals surface area contributed by atoms with Crippen molar-refractivity contribution in [1.29, 1.82) is 0 Å².